The summed E-state index contributed by atoms with van der Waals surface area (Å²) in [4.78, 5) is 38.8. The van der Waals surface area contributed by atoms with E-state index in [1.165, 1.54) is 22.7 Å². The fraction of sp³-hybridized carbons (Fsp3) is 0.286. The first-order chi connectivity index (χ1) is 11.1. The molecule has 2 N–H and O–H groups in total. The highest BCUT2D eigenvalue weighted by Crippen LogP contribution is 2.25. The van der Waals surface area contributed by atoms with Crippen molar-refractivity contribution in [3.8, 4) is 10.6 Å². The zero-order chi connectivity index (χ0) is 16.7. The molecule has 2 rings (SSSR count). The van der Waals surface area contributed by atoms with Crippen LogP contribution < -0.4 is 10.6 Å². The Kier molecular flexibility index (Phi) is 6.24. The fourth-order valence-electron chi connectivity index (χ4n) is 1.54. The third kappa shape index (κ3) is 5.15. The molecular formula is C14H15N3O4S2. The second kappa shape index (κ2) is 8.39. The highest BCUT2D eigenvalue weighted by Gasteiger charge is 2.16. The van der Waals surface area contributed by atoms with Crippen molar-refractivity contribution in [2.24, 2.45) is 0 Å². The van der Waals surface area contributed by atoms with Crippen molar-refractivity contribution in [2.45, 2.75) is 13.3 Å². The largest absolute Gasteiger partial charge is 0.451 e. The maximum atomic E-state index is 11.8. The molecule has 122 valence electrons. The van der Waals surface area contributed by atoms with E-state index in [1.807, 2.05) is 23.8 Å². The number of ether oxygens (including phenoxy) is 1. The topological polar surface area (TPSA) is 97.4 Å². The zero-order valence-electron chi connectivity index (χ0n) is 12.3. The minimum absolute atomic E-state index is 0.138. The molecule has 3 amide bonds. The Morgan fingerprint density at radius 3 is 2.83 bits per heavy atom. The highest BCUT2D eigenvalue weighted by molar-refractivity contribution is 7.14. The van der Waals surface area contributed by atoms with E-state index < -0.39 is 24.5 Å². The molecule has 0 aliphatic heterocycles. The average molecular weight is 353 g/mol. The van der Waals surface area contributed by atoms with Crippen LogP contribution in [0.1, 0.15) is 23.8 Å². The van der Waals surface area contributed by atoms with Crippen LogP contribution in [0.2, 0.25) is 0 Å². The number of nitrogens with zero attached hydrogens (tertiary/aromatic N) is 1. The Bertz CT molecular complexity index is 682. The number of carbonyl (C=O) groups is 3. The van der Waals surface area contributed by atoms with Gasteiger partial charge in [0.2, 0.25) is 0 Å². The molecule has 0 radical (unpaired) electrons. The Morgan fingerprint density at radius 2 is 2.13 bits per heavy atom. The lowest BCUT2D eigenvalue weighted by atomic mass is 10.3. The van der Waals surface area contributed by atoms with Gasteiger partial charge in [-0.2, -0.15) is 11.3 Å². The Balaban J connectivity index is 1.81. The van der Waals surface area contributed by atoms with Crippen LogP contribution in [0.4, 0.5) is 4.79 Å². The first-order valence-electron chi connectivity index (χ1n) is 6.83. The van der Waals surface area contributed by atoms with Crippen LogP contribution in [-0.4, -0.2) is 36.0 Å². The quantitative estimate of drug-likeness (QED) is 0.777. The van der Waals surface area contributed by atoms with Gasteiger partial charge in [-0.1, -0.05) is 6.92 Å². The third-order valence-corrected chi connectivity index (χ3v) is 4.18. The molecule has 2 aromatic rings. The lowest BCUT2D eigenvalue weighted by Gasteiger charge is -2.05. The second-order valence-electron chi connectivity index (χ2n) is 4.43. The normalized spacial score (nSPS) is 10.1. The lowest BCUT2D eigenvalue weighted by molar-refractivity contribution is -0.123. The Labute approximate surface area is 140 Å². The molecular weight excluding hydrogens is 338 g/mol. The number of nitrogens with one attached hydrogen (secondary N) is 2. The van der Waals surface area contributed by atoms with Crippen LogP contribution in [0.5, 0.6) is 0 Å². The van der Waals surface area contributed by atoms with Crippen molar-refractivity contribution in [3.63, 3.8) is 0 Å². The standard InChI is InChI=1S/C14H15N3O4S2/c1-2-4-15-14(20)17-11(18)6-21-13(19)10-8-23-12(16-10)9-3-5-22-7-9/h3,5,7-8H,2,4,6H2,1H3,(H2,15,17,18,20). The molecule has 0 aliphatic carbocycles. The van der Waals surface area contributed by atoms with Gasteiger partial charge in [0, 0.05) is 22.9 Å². The summed E-state index contributed by atoms with van der Waals surface area (Å²) >= 11 is 2.86. The highest BCUT2D eigenvalue weighted by atomic mass is 32.1. The number of hydrogen-bond acceptors (Lipinski definition) is 7. The van der Waals surface area contributed by atoms with Crippen molar-refractivity contribution in [1.82, 2.24) is 15.6 Å². The van der Waals surface area contributed by atoms with Crippen LogP contribution >= 0.6 is 22.7 Å². The maximum absolute atomic E-state index is 11.8. The van der Waals surface area contributed by atoms with E-state index in [2.05, 4.69) is 15.6 Å². The predicted octanol–water partition coefficient (Wildman–Crippen LogP) is 2.26. The number of rotatable bonds is 6. The Hall–Kier alpha value is -2.26. The minimum atomic E-state index is -0.702. The van der Waals surface area contributed by atoms with E-state index in [4.69, 9.17) is 4.74 Å². The molecule has 0 saturated heterocycles. The van der Waals surface area contributed by atoms with Gasteiger partial charge in [-0.25, -0.2) is 14.6 Å². The number of aromatic nitrogens is 1. The number of thiophene rings is 1. The van der Waals surface area contributed by atoms with Crippen molar-refractivity contribution < 1.29 is 19.1 Å². The Morgan fingerprint density at radius 1 is 1.30 bits per heavy atom. The van der Waals surface area contributed by atoms with Gasteiger partial charge in [0.25, 0.3) is 5.91 Å². The maximum Gasteiger partial charge on any atom is 0.358 e. The van der Waals surface area contributed by atoms with E-state index in [1.54, 1.807) is 5.38 Å². The number of urea groups is 1. The molecule has 2 heterocycles. The summed E-state index contributed by atoms with van der Waals surface area (Å²) in [5, 5.41) is 10.7. The van der Waals surface area contributed by atoms with Gasteiger partial charge in [-0.05, 0) is 17.9 Å². The molecule has 0 aromatic carbocycles. The van der Waals surface area contributed by atoms with Crippen LogP contribution in [0.3, 0.4) is 0 Å². The lowest BCUT2D eigenvalue weighted by Crippen LogP contribution is -2.41. The van der Waals surface area contributed by atoms with Crippen LogP contribution in [0.25, 0.3) is 10.6 Å². The molecule has 7 nitrogen and oxygen atoms in total. The molecule has 0 aliphatic rings. The van der Waals surface area contributed by atoms with Crippen molar-refractivity contribution >= 4 is 40.6 Å². The number of hydrogen-bond donors (Lipinski definition) is 2. The molecule has 0 spiro atoms. The number of thiazole rings is 1. The number of esters is 1. The zero-order valence-corrected chi connectivity index (χ0v) is 14.0. The molecule has 0 bridgehead atoms. The van der Waals surface area contributed by atoms with E-state index in [-0.39, 0.29) is 5.69 Å². The SMILES string of the molecule is CCCNC(=O)NC(=O)COC(=O)c1csc(-c2ccsc2)n1. The van der Waals surface area contributed by atoms with Crippen LogP contribution in [-0.2, 0) is 9.53 Å². The summed E-state index contributed by atoms with van der Waals surface area (Å²) in [6, 6.07) is 1.29. The molecule has 2 aromatic heterocycles. The number of imide groups is 1. The first kappa shape index (κ1) is 17.1. The summed E-state index contributed by atoms with van der Waals surface area (Å²) < 4.78 is 4.84. The molecule has 0 atom stereocenters. The number of carbonyl (C=O) groups excluding carboxylic acids is 3. The summed E-state index contributed by atoms with van der Waals surface area (Å²) in [6.45, 7) is 1.81. The predicted molar refractivity (Wildman–Crippen MR) is 87.5 cm³/mol. The van der Waals surface area contributed by atoms with Crippen molar-refractivity contribution in [1.29, 1.82) is 0 Å². The third-order valence-electron chi connectivity index (χ3n) is 2.60. The monoisotopic (exact) mass is 353 g/mol. The van der Waals surface area contributed by atoms with E-state index in [0.717, 1.165) is 12.0 Å². The van der Waals surface area contributed by atoms with Crippen molar-refractivity contribution in [3.05, 3.63) is 27.9 Å². The summed E-state index contributed by atoms with van der Waals surface area (Å²) in [5.41, 5.74) is 1.07. The van der Waals surface area contributed by atoms with Crippen molar-refractivity contribution in [2.75, 3.05) is 13.2 Å². The van der Waals surface area contributed by atoms with Gasteiger partial charge in [0.05, 0.1) is 0 Å². The summed E-state index contributed by atoms with van der Waals surface area (Å²) in [6.07, 6.45) is 0.757. The smallest absolute Gasteiger partial charge is 0.358 e. The second-order valence-corrected chi connectivity index (χ2v) is 6.07. The van der Waals surface area contributed by atoms with Gasteiger partial charge in [0.15, 0.2) is 12.3 Å². The van der Waals surface area contributed by atoms with Gasteiger partial charge in [0.1, 0.15) is 5.01 Å². The van der Waals surface area contributed by atoms with Gasteiger partial charge < -0.3 is 10.1 Å². The first-order valence-corrected chi connectivity index (χ1v) is 8.65. The van der Waals surface area contributed by atoms with Gasteiger partial charge in [-0.3, -0.25) is 10.1 Å². The fourth-order valence-corrected chi connectivity index (χ4v) is 3.04. The van der Waals surface area contributed by atoms with Crippen LogP contribution in [0.15, 0.2) is 22.2 Å². The molecule has 0 fully saturated rings. The number of amides is 3. The molecule has 0 unspecified atom stereocenters. The van der Waals surface area contributed by atoms with E-state index in [9.17, 15) is 14.4 Å². The van der Waals surface area contributed by atoms with E-state index in [0.29, 0.717) is 11.6 Å². The molecule has 23 heavy (non-hydrogen) atoms. The molecule has 9 heteroatoms. The minimum Gasteiger partial charge on any atom is -0.451 e. The van der Waals surface area contributed by atoms with Gasteiger partial charge in [-0.15, -0.1) is 11.3 Å². The van der Waals surface area contributed by atoms with Gasteiger partial charge >= 0.3 is 12.0 Å². The average Bonchev–Trinajstić information content (AvgIpc) is 3.20. The molecule has 0 saturated carbocycles. The summed E-state index contributed by atoms with van der Waals surface area (Å²) in [5.74, 6) is -1.40. The summed E-state index contributed by atoms with van der Waals surface area (Å²) in [7, 11) is 0. The van der Waals surface area contributed by atoms with Crippen LogP contribution in [0, 0.1) is 0 Å². The van der Waals surface area contributed by atoms with E-state index >= 15 is 0 Å².